The summed E-state index contributed by atoms with van der Waals surface area (Å²) in [5.41, 5.74) is -0.374. The molecule has 3 aliphatic rings. The number of benzene rings is 3. The number of hydrogen-bond acceptors (Lipinski definition) is 8. The second kappa shape index (κ2) is 11.9. The third-order valence-electron chi connectivity index (χ3n) is 8.91. The van der Waals surface area contributed by atoms with Crippen molar-refractivity contribution >= 4 is 30.6 Å². The number of rotatable bonds is 10. The Morgan fingerprint density at radius 1 is 0.952 bits per heavy atom. The van der Waals surface area contributed by atoms with Crippen molar-refractivity contribution in [1.82, 2.24) is 9.62 Å². The first-order valence-electron chi connectivity index (χ1n) is 14.7. The number of hydrogen-bond donors (Lipinski definition) is 2. The molecule has 2 N–H and O–H groups in total. The Labute approximate surface area is 247 Å². The molecule has 2 heterocycles. The van der Waals surface area contributed by atoms with Gasteiger partial charge in [-0.2, -0.15) is 4.31 Å². The predicted octanol–water partition coefficient (Wildman–Crippen LogP) is 3.51. The number of sulfone groups is 1. The normalized spacial score (nSPS) is 22.3. The van der Waals surface area contributed by atoms with Crippen molar-refractivity contribution in [2.24, 2.45) is 0 Å². The van der Waals surface area contributed by atoms with Crippen LogP contribution >= 0.6 is 0 Å². The van der Waals surface area contributed by atoms with E-state index in [-0.39, 0.29) is 28.4 Å². The highest BCUT2D eigenvalue weighted by atomic mass is 32.2. The Bertz CT molecular complexity index is 1630. The van der Waals surface area contributed by atoms with E-state index in [9.17, 15) is 21.9 Å². The second-order valence-electron chi connectivity index (χ2n) is 11.8. The van der Waals surface area contributed by atoms with Crippen LogP contribution in [-0.2, 0) is 24.6 Å². The summed E-state index contributed by atoms with van der Waals surface area (Å²) < 4.78 is 65.6. The maximum absolute atomic E-state index is 13.4. The quantitative estimate of drug-likeness (QED) is 0.356. The molecule has 3 aromatic carbocycles. The molecule has 3 aromatic rings. The molecule has 3 fully saturated rings. The Kier molecular flexibility index (Phi) is 8.34. The fraction of sp³-hybridized carbons (Fsp3) is 0.484. The van der Waals surface area contributed by atoms with E-state index in [1.807, 2.05) is 30.3 Å². The smallest absolute Gasteiger partial charge is 0.243 e. The lowest BCUT2D eigenvalue weighted by molar-refractivity contribution is -0.0312. The van der Waals surface area contributed by atoms with Crippen molar-refractivity contribution in [3.63, 3.8) is 0 Å². The molecule has 1 spiro atoms. The molecule has 1 aliphatic carbocycles. The SMILES string of the molecule is O=S(=O)(c1cccc(OCC(O)CNC2COC3(CCN(S(=O)(=O)c4ccc5ccccc5c4)CC3)C2)c1)C1CCC1. The number of aliphatic hydroxyl groups excluding tert-OH is 1. The first kappa shape index (κ1) is 29.5. The van der Waals surface area contributed by atoms with Crippen molar-refractivity contribution in [3.05, 3.63) is 66.7 Å². The van der Waals surface area contributed by atoms with Gasteiger partial charge in [-0.25, -0.2) is 16.8 Å². The molecule has 2 unspecified atom stereocenters. The fourth-order valence-electron chi connectivity index (χ4n) is 6.10. The van der Waals surface area contributed by atoms with Crippen LogP contribution in [-0.4, -0.2) is 82.1 Å². The molecule has 0 radical (unpaired) electrons. The van der Waals surface area contributed by atoms with Gasteiger partial charge in [-0.05, 0) is 73.2 Å². The fourth-order valence-corrected chi connectivity index (χ4v) is 9.47. The number of nitrogens with one attached hydrogen (secondary N) is 1. The first-order valence-corrected chi connectivity index (χ1v) is 17.6. The van der Waals surface area contributed by atoms with E-state index in [1.165, 1.54) is 6.07 Å². The molecule has 226 valence electrons. The molecule has 2 atom stereocenters. The summed E-state index contributed by atoms with van der Waals surface area (Å²) in [5.74, 6) is 0.419. The summed E-state index contributed by atoms with van der Waals surface area (Å²) in [5, 5.41) is 15.5. The van der Waals surface area contributed by atoms with Crippen LogP contribution in [0.4, 0.5) is 0 Å². The van der Waals surface area contributed by atoms with Gasteiger partial charge in [-0.3, -0.25) is 0 Å². The van der Waals surface area contributed by atoms with Crippen LogP contribution in [0.15, 0.2) is 76.5 Å². The minimum absolute atomic E-state index is 0.0280. The Hall–Kier alpha value is -2.54. The number of fused-ring (bicyclic) bond motifs is 1. The Morgan fingerprint density at radius 2 is 1.71 bits per heavy atom. The minimum Gasteiger partial charge on any atom is -0.491 e. The third kappa shape index (κ3) is 6.09. The Morgan fingerprint density at radius 3 is 2.45 bits per heavy atom. The topological polar surface area (TPSA) is 122 Å². The van der Waals surface area contributed by atoms with Gasteiger partial charge in [0.25, 0.3) is 0 Å². The van der Waals surface area contributed by atoms with E-state index in [4.69, 9.17) is 9.47 Å². The predicted molar refractivity (Wildman–Crippen MR) is 160 cm³/mol. The summed E-state index contributed by atoms with van der Waals surface area (Å²) in [6.45, 7) is 1.61. The number of ether oxygens (including phenoxy) is 2. The number of sulfonamides is 1. The van der Waals surface area contributed by atoms with E-state index >= 15 is 0 Å². The highest BCUT2D eigenvalue weighted by Crippen LogP contribution is 2.38. The van der Waals surface area contributed by atoms with Gasteiger partial charge >= 0.3 is 0 Å². The molecule has 0 aromatic heterocycles. The summed E-state index contributed by atoms with van der Waals surface area (Å²) in [6, 6.07) is 19.5. The van der Waals surface area contributed by atoms with E-state index in [0.717, 1.165) is 23.6 Å². The zero-order chi connectivity index (χ0) is 29.4. The zero-order valence-electron chi connectivity index (χ0n) is 23.5. The molecular formula is C31H38N2O7S2. The van der Waals surface area contributed by atoms with Gasteiger partial charge in [-0.1, -0.05) is 42.8 Å². The van der Waals surface area contributed by atoms with Crippen LogP contribution in [0.25, 0.3) is 10.8 Å². The van der Waals surface area contributed by atoms with Crippen LogP contribution in [0.5, 0.6) is 5.75 Å². The standard InChI is InChI=1S/C31H38N2O7S2/c34-26(22-39-27-7-3-10-29(18-27)41(35,36)28-8-4-9-28)20-32-25-19-31(40-21-25)13-15-33(16-14-31)42(37,38)30-12-11-23-5-1-2-6-24(23)17-30/h1-3,5-7,10-12,17-18,25-26,28,32,34H,4,8-9,13-16,19-22H2. The zero-order valence-corrected chi connectivity index (χ0v) is 25.2. The van der Waals surface area contributed by atoms with Crippen LogP contribution < -0.4 is 10.1 Å². The molecule has 0 bridgehead atoms. The monoisotopic (exact) mass is 614 g/mol. The lowest BCUT2D eigenvalue weighted by Gasteiger charge is -2.38. The van der Waals surface area contributed by atoms with Gasteiger partial charge in [-0.15, -0.1) is 0 Å². The Balaban J connectivity index is 0.967. The highest BCUT2D eigenvalue weighted by Gasteiger charge is 2.44. The van der Waals surface area contributed by atoms with Gasteiger partial charge < -0.3 is 19.9 Å². The average Bonchev–Trinajstić information content (AvgIpc) is 3.36. The average molecular weight is 615 g/mol. The number of nitrogens with zero attached hydrogens (tertiary/aromatic N) is 1. The van der Waals surface area contributed by atoms with Crippen molar-refractivity contribution in [2.75, 3.05) is 32.8 Å². The van der Waals surface area contributed by atoms with E-state index in [1.54, 1.807) is 34.6 Å². The molecule has 42 heavy (non-hydrogen) atoms. The maximum Gasteiger partial charge on any atom is 0.243 e. The molecule has 0 amide bonds. The summed E-state index contributed by atoms with van der Waals surface area (Å²) in [7, 11) is -6.93. The first-order chi connectivity index (χ1) is 20.1. The second-order valence-corrected chi connectivity index (χ2v) is 15.9. The number of piperidine rings is 1. The maximum atomic E-state index is 13.4. The summed E-state index contributed by atoms with van der Waals surface area (Å²) in [4.78, 5) is 0.578. The minimum atomic E-state index is -3.60. The molecule has 6 rings (SSSR count). The van der Waals surface area contributed by atoms with Gasteiger partial charge in [0.1, 0.15) is 18.5 Å². The van der Waals surface area contributed by atoms with Crippen molar-refractivity contribution in [1.29, 1.82) is 0 Å². The van der Waals surface area contributed by atoms with Gasteiger partial charge in [0.15, 0.2) is 9.84 Å². The van der Waals surface area contributed by atoms with E-state index < -0.39 is 26.0 Å². The molecule has 9 nitrogen and oxygen atoms in total. The van der Waals surface area contributed by atoms with Crippen LogP contribution in [0.2, 0.25) is 0 Å². The van der Waals surface area contributed by atoms with Crippen molar-refractivity contribution in [3.8, 4) is 5.75 Å². The van der Waals surface area contributed by atoms with Crippen LogP contribution in [0.3, 0.4) is 0 Å². The van der Waals surface area contributed by atoms with Gasteiger partial charge in [0.2, 0.25) is 10.0 Å². The molecule has 1 saturated carbocycles. The summed E-state index contributed by atoms with van der Waals surface area (Å²) in [6.07, 6.45) is 3.53. The lowest BCUT2D eigenvalue weighted by atomic mass is 9.88. The van der Waals surface area contributed by atoms with Crippen molar-refractivity contribution < 1.29 is 31.4 Å². The highest BCUT2D eigenvalue weighted by molar-refractivity contribution is 7.92. The molecular weight excluding hydrogens is 576 g/mol. The third-order valence-corrected chi connectivity index (χ3v) is 13.1. The van der Waals surface area contributed by atoms with Crippen LogP contribution in [0, 0.1) is 0 Å². The molecule has 2 saturated heterocycles. The number of aliphatic hydroxyl groups is 1. The molecule has 2 aliphatic heterocycles. The van der Waals surface area contributed by atoms with E-state index in [2.05, 4.69) is 5.32 Å². The van der Waals surface area contributed by atoms with Crippen LogP contribution in [0.1, 0.15) is 38.5 Å². The van der Waals surface area contributed by atoms with Crippen molar-refractivity contribution in [2.45, 2.75) is 71.3 Å². The summed E-state index contributed by atoms with van der Waals surface area (Å²) >= 11 is 0. The lowest BCUT2D eigenvalue weighted by Crippen LogP contribution is -2.47. The van der Waals surface area contributed by atoms with E-state index in [0.29, 0.717) is 62.6 Å². The largest absolute Gasteiger partial charge is 0.491 e. The molecule has 11 heteroatoms. The van der Waals surface area contributed by atoms with Gasteiger partial charge in [0, 0.05) is 25.7 Å². The van der Waals surface area contributed by atoms with Gasteiger partial charge in [0.05, 0.1) is 27.2 Å².